The van der Waals surface area contributed by atoms with Crippen LogP contribution in [0.1, 0.15) is 37.7 Å². The maximum atomic E-state index is 12.4. The molecule has 1 aromatic rings. The van der Waals surface area contributed by atoms with Crippen molar-refractivity contribution < 1.29 is 8.42 Å². The van der Waals surface area contributed by atoms with Gasteiger partial charge in [-0.15, -0.1) is 0 Å². The monoisotopic (exact) mass is 282 g/mol. The molecule has 1 saturated carbocycles. The normalized spacial score (nSPS) is 17.8. The molecule has 1 fully saturated rings. The third kappa shape index (κ3) is 3.70. The van der Waals surface area contributed by atoms with E-state index in [-0.39, 0.29) is 11.8 Å². The second kappa shape index (κ2) is 5.92. The van der Waals surface area contributed by atoms with E-state index in [1.54, 1.807) is 29.6 Å². The van der Waals surface area contributed by atoms with Crippen molar-refractivity contribution in [1.29, 1.82) is 0 Å². The molecule has 1 aliphatic carbocycles. The van der Waals surface area contributed by atoms with Crippen LogP contribution in [0.25, 0.3) is 0 Å². The van der Waals surface area contributed by atoms with Crippen LogP contribution in [-0.2, 0) is 15.8 Å². The predicted octanol–water partition coefficient (Wildman–Crippen LogP) is 2.36. The molecule has 0 radical (unpaired) electrons. The minimum Gasteiger partial charge on any atom is -0.399 e. The highest BCUT2D eigenvalue weighted by molar-refractivity contribution is 7.88. The van der Waals surface area contributed by atoms with Crippen molar-refractivity contribution in [2.45, 2.75) is 43.9 Å². The molecule has 0 aromatic heterocycles. The van der Waals surface area contributed by atoms with Crippen molar-refractivity contribution in [3.8, 4) is 0 Å². The Morgan fingerprint density at radius 3 is 2.58 bits per heavy atom. The van der Waals surface area contributed by atoms with Gasteiger partial charge in [-0.1, -0.05) is 31.4 Å². The lowest BCUT2D eigenvalue weighted by Crippen LogP contribution is -2.38. The van der Waals surface area contributed by atoms with Gasteiger partial charge in [0, 0.05) is 18.8 Å². The number of rotatable bonds is 4. The SMILES string of the molecule is CN(C1CCCCC1)S(=O)(=O)Cc1cccc(N)c1. The van der Waals surface area contributed by atoms with Gasteiger partial charge >= 0.3 is 0 Å². The first kappa shape index (κ1) is 14.3. The van der Waals surface area contributed by atoms with Gasteiger partial charge in [0.15, 0.2) is 0 Å². The van der Waals surface area contributed by atoms with E-state index in [0.717, 1.165) is 31.2 Å². The highest BCUT2D eigenvalue weighted by Gasteiger charge is 2.27. The first-order chi connectivity index (χ1) is 8.99. The van der Waals surface area contributed by atoms with Crippen LogP contribution >= 0.6 is 0 Å². The van der Waals surface area contributed by atoms with Crippen molar-refractivity contribution in [3.05, 3.63) is 29.8 Å². The number of nitrogens with zero attached hydrogens (tertiary/aromatic N) is 1. The average Bonchev–Trinajstić information content (AvgIpc) is 2.38. The van der Waals surface area contributed by atoms with Crippen LogP contribution < -0.4 is 5.73 Å². The number of nitrogens with two attached hydrogens (primary N) is 1. The number of nitrogen functional groups attached to an aromatic ring is 1. The summed E-state index contributed by atoms with van der Waals surface area (Å²) in [5, 5.41) is 0. The molecule has 1 aliphatic rings. The molecular weight excluding hydrogens is 260 g/mol. The topological polar surface area (TPSA) is 63.4 Å². The zero-order valence-electron chi connectivity index (χ0n) is 11.4. The summed E-state index contributed by atoms with van der Waals surface area (Å²) < 4.78 is 26.4. The Bertz CT molecular complexity index is 522. The number of anilines is 1. The van der Waals surface area contributed by atoms with Gasteiger partial charge in [0.1, 0.15) is 0 Å². The molecule has 0 bridgehead atoms. The predicted molar refractivity (Wildman–Crippen MR) is 78.1 cm³/mol. The minimum atomic E-state index is -3.25. The third-order valence-corrected chi connectivity index (χ3v) is 5.70. The standard InChI is InChI=1S/C14H22N2O2S/c1-16(14-8-3-2-4-9-14)19(17,18)11-12-6-5-7-13(15)10-12/h5-7,10,14H,2-4,8-9,11,15H2,1H3. The maximum absolute atomic E-state index is 12.4. The molecule has 106 valence electrons. The van der Waals surface area contributed by atoms with Crippen LogP contribution in [-0.4, -0.2) is 25.8 Å². The van der Waals surface area contributed by atoms with Gasteiger partial charge < -0.3 is 5.73 Å². The zero-order chi connectivity index (χ0) is 13.9. The van der Waals surface area contributed by atoms with Gasteiger partial charge in [-0.3, -0.25) is 0 Å². The molecule has 5 heteroatoms. The summed E-state index contributed by atoms with van der Waals surface area (Å²) in [7, 11) is -1.55. The van der Waals surface area contributed by atoms with E-state index < -0.39 is 10.0 Å². The maximum Gasteiger partial charge on any atom is 0.218 e. The van der Waals surface area contributed by atoms with E-state index in [9.17, 15) is 8.42 Å². The van der Waals surface area contributed by atoms with Crippen LogP contribution in [0.15, 0.2) is 24.3 Å². The minimum absolute atomic E-state index is 0.0328. The lowest BCUT2D eigenvalue weighted by atomic mass is 9.96. The van der Waals surface area contributed by atoms with Crippen LogP contribution in [0, 0.1) is 0 Å². The molecule has 0 aliphatic heterocycles. The second-order valence-electron chi connectivity index (χ2n) is 5.31. The lowest BCUT2D eigenvalue weighted by Gasteiger charge is -2.30. The van der Waals surface area contributed by atoms with E-state index in [2.05, 4.69) is 0 Å². The molecule has 0 heterocycles. The largest absolute Gasteiger partial charge is 0.399 e. The molecule has 0 saturated heterocycles. The molecule has 0 unspecified atom stereocenters. The van der Waals surface area contributed by atoms with E-state index in [1.165, 1.54) is 6.42 Å². The summed E-state index contributed by atoms with van der Waals surface area (Å²) in [5.74, 6) is 0.0328. The summed E-state index contributed by atoms with van der Waals surface area (Å²) in [6, 6.07) is 7.26. The van der Waals surface area contributed by atoms with Gasteiger partial charge in [-0.05, 0) is 30.5 Å². The van der Waals surface area contributed by atoms with Crippen LogP contribution in [0.3, 0.4) is 0 Å². The molecule has 2 rings (SSSR count). The summed E-state index contributed by atoms with van der Waals surface area (Å²) in [5.41, 5.74) is 7.05. The highest BCUT2D eigenvalue weighted by atomic mass is 32.2. The first-order valence-electron chi connectivity index (χ1n) is 6.79. The average molecular weight is 282 g/mol. The quantitative estimate of drug-likeness (QED) is 0.862. The molecule has 0 amide bonds. The molecule has 0 atom stereocenters. The third-order valence-electron chi connectivity index (χ3n) is 3.83. The zero-order valence-corrected chi connectivity index (χ0v) is 12.2. The molecule has 1 aromatic carbocycles. The van der Waals surface area contributed by atoms with E-state index in [1.807, 2.05) is 6.07 Å². The molecule has 0 spiro atoms. The highest BCUT2D eigenvalue weighted by Crippen LogP contribution is 2.25. The number of hydrogen-bond acceptors (Lipinski definition) is 3. The first-order valence-corrected chi connectivity index (χ1v) is 8.40. The lowest BCUT2D eigenvalue weighted by molar-refractivity contribution is 0.285. The van der Waals surface area contributed by atoms with E-state index >= 15 is 0 Å². The van der Waals surface area contributed by atoms with Gasteiger partial charge in [-0.2, -0.15) is 0 Å². The Morgan fingerprint density at radius 1 is 1.26 bits per heavy atom. The van der Waals surface area contributed by atoms with Gasteiger partial charge in [-0.25, -0.2) is 12.7 Å². The van der Waals surface area contributed by atoms with Gasteiger partial charge in [0.25, 0.3) is 0 Å². The smallest absolute Gasteiger partial charge is 0.218 e. The summed E-state index contributed by atoms with van der Waals surface area (Å²) in [4.78, 5) is 0. The second-order valence-corrected chi connectivity index (χ2v) is 7.34. The Labute approximate surface area is 115 Å². The van der Waals surface area contributed by atoms with Crippen molar-refractivity contribution in [1.82, 2.24) is 4.31 Å². The molecular formula is C14H22N2O2S. The number of benzene rings is 1. The Hall–Kier alpha value is -1.07. The Morgan fingerprint density at radius 2 is 1.95 bits per heavy atom. The van der Waals surface area contributed by atoms with Crippen LogP contribution in [0.2, 0.25) is 0 Å². The summed E-state index contributed by atoms with van der Waals surface area (Å²) in [6.45, 7) is 0. The fraction of sp³-hybridized carbons (Fsp3) is 0.571. The fourth-order valence-corrected chi connectivity index (χ4v) is 4.14. The van der Waals surface area contributed by atoms with Crippen LogP contribution in [0.5, 0.6) is 0 Å². The van der Waals surface area contributed by atoms with Crippen molar-refractivity contribution >= 4 is 15.7 Å². The summed E-state index contributed by atoms with van der Waals surface area (Å²) in [6.07, 6.45) is 5.44. The van der Waals surface area contributed by atoms with Gasteiger partial charge in [0.2, 0.25) is 10.0 Å². The van der Waals surface area contributed by atoms with E-state index in [4.69, 9.17) is 5.73 Å². The van der Waals surface area contributed by atoms with Gasteiger partial charge in [0.05, 0.1) is 5.75 Å². The molecule has 4 nitrogen and oxygen atoms in total. The number of hydrogen-bond donors (Lipinski definition) is 1. The Kier molecular flexibility index (Phi) is 4.47. The van der Waals surface area contributed by atoms with Crippen LogP contribution in [0.4, 0.5) is 5.69 Å². The Balaban J connectivity index is 2.08. The van der Waals surface area contributed by atoms with Crippen molar-refractivity contribution in [3.63, 3.8) is 0 Å². The molecule has 2 N–H and O–H groups in total. The molecule has 19 heavy (non-hydrogen) atoms. The number of sulfonamides is 1. The fourth-order valence-electron chi connectivity index (χ4n) is 2.67. The van der Waals surface area contributed by atoms with Crippen molar-refractivity contribution in [2.24, 2.45) is 0 Å². The summed E-state index contributed by atoms with van der Waals surface area (Å²) >= 11 is 0. The van der Waals surface area contributed by atoms with E-state index in [0.29, 0.717) is 5.69 Å². The van der Waals surface area contributed by atoms with Crippen molar-refractivity contribution in [2.75, 3.05) is 12.8 Å².